The molecule has 2 aromatic rings. The molecular formula is C16H18N2O3. The summed E-state index contributed by atoms with van der Waals surface area (Å²) >= 11 is 0. The largest absolute Gasteiger partial charge is 0.475 e. The highest BCUT2D eigenvalue weighted by Gasteiger charge is 2.30. The van der Waals surface area contributed by atoms with E-state index < -0.39 is 0 Å². The van der Waals surface area contributed by atoms with E-state index in [2.05, 4.69) is 4.98 Å². The minimum absolute atomic E-state index is 0.208. The zero-order chi connectivity index (χ0) is 14.3. The van der Waals surface area contributed by atoms with E-state index in [1.165, 1.54) is 12.8 Å². The lowest BCUT2D eigenvalue weighted by Crippen LogP contribution is -2.42. The van der Waals surface area contributed by atoms with E-state index in [1.54, 1.807) is 6.20 Å². The molecule has 1 saturated carbocycles. The molecule has 0 spiro atoms. The average molecular weight is 286 g/mol. The highest BCUT2D eigenvalue weighted by atomic mass is 16.7. The van der Waals surface area contributed by atoms with Gasteiger partial charge in [0.2, 0.25) is 12.7 Å². The molecule has 1 aromatic carbocycles. The van der Waals surface area contributed by atoms with Gasteiger partial charge in [-0.05, 0) is 36.4 Å². The number of nitrogens with two attached hydrogens (primary N) is 1. The summed E-state index contributed by atoms with van der Waals surface area (Å²) in [6.07, 6.45) is 6.15. The van der Waals surface area contributed by atoms with Gasteiger partial charge in [0.1, 0.15) is 6.61 Å². The van der Waals surface area contributed by atoms with Gasteiger partial charge in [-0.3, -0.25) is 0 Å². The Hall–Kier alpha value is -2.01. The Kier molecular flexibility index (Phi) is 2.89. The standard InChI is InChI=1S/C16H18N2O3/c17-16(4-1-2-5-16)9-19-15-12-8-14-13(20-10-21-14)7-11(12)3-6-18-15/h3,6-8H,1-2,4-5,9-10,17H2. The number of benzene rings is 1. The molecule has 0 bridgehead atoms. The maximum Gasteiger partial charge on any atom is 0.231 e. The van der Waals surface area contributed by atoms with Crippen LogP contribution in [0.5, 0.6) is 17.4 Å². The molecule has 2 heterocycles. The van der Waals surface area contributed by atoms with Gasteiger partial charge < -0.3 is 19.9 Å². The van der Waals surface area contributed by atoms with Crippen LogP contribution in [0.2, 0.25) is 0 Å². The average Bonchev–Trinajstić information content (AvgIpc) is 3.11. The first-order valence-corrected chi connectivity index (χ1v) is 7.34. The maximum absolute atomic E-state index is 6.34. The quantitative estimate of drug-likeness (QED) is 0.939. The zero-order valence-electron chi connectivity index (χ0n) is 11.8. The monoisotopic (exact) mass is 286 g/mol. The van der Waals surface area contributed by atoms with Crippen LogP contribution in [0.4, 0.5) is 0 Å². The number of fused-ring (bicyclic) bond motifs is 2. The fourth-order valence-corrected chi connectivity index (χ4v) is 3.09. The molecule has 1 aromatic heterocycles. The molecule has 0 amide bonds. The van der Waals surface area contributed by atoms with Crippen molar-refractivity contribution in [1.82, 2.24) is 4.98 Å². The van der Waals surface area contributed by atoms with Gasteiger partial charge in [-0.15, -0.1) is 0 Å². The lowest BCUT2D eigenvalue weighted by atomic mass is 10.0. The Balaban J connectivity index is 1.65. The van der Waals surface area contributed by atoms with Gasteiger partial charge in [-0.2, -0.15) is 0 Å². The summed E-state index contributed by atoms with van der Waals surface area (Å²) in [5.74, 6) is 2.12. The van der Waals surface area contributed by atoms with E-state index in [1.807, 2.05) is 18.2 Å². The molecule has 5 nitrogen and oxygen atoms in total. The molecule has 21 heavy (non-hydrogen) atoms. The molecule has 1 aliphatic heterocycles. The molecular weight excluding hydrogens is 268 g/mol. The van der Waals surface area contributed by atoms with Crippen molar-refractivity contribution in [3.63, 3.8) is 0 Å². The van der Waals surface area contributed by atoms with Crippen LogP contribution in [0.15, 0.2) is 24.4 Å². The van der Waals surface area contributed by atoms with Crippen molar-refractivity contribution in [1.29, 1.82) is 0 Å². The molecule has 5 heteroatoms. The molecule has 4 rings (SSSR count). The second-order valence-electron chi connectivity index (χ2n) is 5.90. The SMILES string of the molecule is NC1(COc2nccc3cc4c(cc23)OCO4)CCCC1. The smallest absolute Gasteiger partial charge is 0.231 e. The first-order valence-electron chi connectivity index (χ1n) is 7.34. The topological polar surface area (TPSA) is 66.6 Å². The van der Waals surface area contributed by atoms with Gasteiger partial charge in [-0.1, -0.05) is 12.8 Å². The lowest BCUT2D eigenvalue weighted by Gasteiger charge is -2.23. The van der Waals surface area contributed by atoms with E-state index >= 15 is 0 Å². The van der Waals surface area contributed by atoms with Gasteiger partial charge in [0.05, 0.1) is 5.54 Å². The Labute approximate surface area is 123 Å². The highest BCUT2D eigenvalue weighted by molar-refractivity contribution is 5.90. The predicted octanol–water partition coefficient (Wildman–Crippen LogP) is 2.61. The van der Waals surface area contributed by atoms with E-state index in [4.69, 9.17) is 19.9 Å². The Morgan fingerprint density at radius 1 is 1.19 bits per heavy atom. The Morgan fingerprint density at radius 2 is 1.95 bits per heavy atom. The summed E-state index contributed by atoms with van der Waals surface area (Å²) in [7, 11) is 0. The van der Waals surface area contributed by atoms with Crippen LogP contribution < -0.4 is 19.9 Å². The van der Waals surface area contributed by atoms with Crippen LogP contribution in [-0.4, -0.2) is 23.9 Å². The molecule has 1 fully saturated rings. The van der Waals surface area contributed by atoms with E-state index in [0.29, 0.717) is 12.5 Å². The van der Waals surface area contributed by atoms with Gasteiger partial charge in [0.15, 0.2) is 11.5 Å². The third-order valence-electron chi connectivity index (χ3n) is 4.32. The number of hydrogen-bond acceptors (Lipinski definition) is 5. The van der Waals surface area contributed by atoms with E-state index in [0.717, 1.165) is 35.1 Å². The van der Waals surface area contributed by atoms with Crippen molar-refractivity contribution in [3.8, 4) is 17.4 Å². The summed E-state index contributed by atoms with van der Waals surface area (Å²) < 4.78 is 16.8. The predicted molar refractivity (Wildman–Crippen MR) is 78.7 cm³/mol. The van der Waals surface area contributed by atoms with Crippen LogP contribution in [0.25, 0.3) is 10.8 Å². The van der Waals surface area contributed by atoms with Gasteiger partial charge in [0, 0.05) is 11.6 Å². The molecule has 2 aliphatic rings. The van der Waals surface area contributed by atoms with Crippen molar-refractivity contribution in [2.45, 2.75) is 31.2 Å². The lowest BCUT2D eigenvalue weighted by molar-refractivity contribution is 0.174. The molecule has 110 valence electrons. The van der Waals surface area contributed by atoms with Crippen LogP contribution in [0, 0.1) is 0 Å². The number of aromatic nitrogens is 1. The normalized spacial score (nSPS) is 19.1. The second-order valence-corrected chi connectivity index (χ2v) is 5.90. The van der Waals surface area contributed by atoms with E-state index in [9.17, 15) is 0 Å². The van der Waals surface area contributed by atoms with Crippen LogP contribution in [-0.2, 0) is 0 Å². The fraction of sp³-hybridized carbons (Fsp3) is 0.438. The maximum atomic E-state index is 6.34. The molecule has 0 radical (unpaired) electrons. The third kappa shape index (κ3) is 2.27. The van der Waals surface area contributed by atoms with Crippen LogP contribution >= 0.6 is 0 Å². The number of pyridine rings is 1. The number of hydrogen-bond donors (Lipinski definition) is 1. The van der Waals surface area contributed by atoms with Crippen molar-refractivity contribution in [2.75, 3.05) is 13.4 Å². The summed E-state index contributed by atoms with van der Waals surface area (Å²) in [5.41, 5.74) is 6.14. The molecule has 1 aliphatic carbocycles. The first kappa shape index (κ1) is 12.7. The summed E-state index contributed by atoms with van der Waals surface area (Å²) in [5, 5.41) is 1.96. The van der Waals surface area contributed by atoms with E-state index in [-0.39, 0.29) is 12.3 Å². The second kappa shape index (κ2) is 4.77. The minimum atomic E-state index is -0.208. The van der Waals surface area contributed by atoms with Crippen molar-refractivity contribution in [3.05, 3.63) is 24.4 Å². The third-order valence-corrected chi connectivity index (χ3v) is 4.32. The minimum Gasteiger partial charge on any atom is -0.475 e. The number of nitrogens with zero attached hydrogens (tertiary/aromatic N) is 1. The Bertz CT molecular complexity index is 681. The van der Waals surface area contributed by atoms with Crippen molar-refractivity contribution in [2.24, 2.45) is 5.73 Å². The molecule has 2 N–H and O–H groups in total. The number of rotatable bonds is 3. The molecule has 0 saturated heterocycles. The highest BCUT2D eigenvalue weighted by Crippen LogP contribution is 2.38. The molecule has 0 atom stereocenters. The van der Waals surface area contributed by atoms with Gasteiger partial charge in [0.25, 0.3) is 0 Å². The van der Waals surface area contributed by atoms with Crippen molar-refractivity contribution < 1.29 is 14.2 Å². The number of ether oxygens (including phenoxy) is 3. The summed E-state index contributed by atoms with van der Waals surface area (Å²) in [6, 6.07) is 5.83. The van der Waals surface area contributed by atoms with Gasteiger partial charge >= 0.3 is 0 Å². The van der Waals surface area contributed by atoms with Crippen LogP contribution in [0.1, 0.15) is 25.7 Å². The van der Waals surface area contributed by atoms with Crippen LogP contribution in [0.3, 0.4) is 0 Å². The molecule has 0 unspecified atom stereocenters. The zero-order valence-corrected chi connectivity index (χ0v) is 11.8. The van der Waals surface area contributed by atoms with Crippen molar-refractivity contribution >= 4 is 10.8 Å². The fourth-order valence-electron chi connectivity index (χ4n) is 3.09. The summed E-state index contributed by atoms with van der Waals surface area (Å²) in [6.45, 7) is 0.773. The van der Waals surface area contributed by atoms with Gasteiger partial charge in [-0.25, -0.2) is 4.98 Å². The summed E-state index contributed by atoms with van der Waals surface area (Å²) in [4.78, 5) is 4.35. The Morgan fingerprint density at radius 3 is 2.76 bits per heavy atom. The first-order chi connectivity index (χ1) is 10.2.